The Bertz CT molecular complexity index is 1730. The van der Waals surface area contributed by atoms with Crippen LogP contribution in [0.25, 0.3) is 0 Å². The summed E-state index contributed by atoms with van der Waals surface area (Å²) < 4.78 is 124. The summed E-state index contributed by atoms with van der Waals surface area (Å²) in [5.74, 6) is -4.15. The minimum Gasteiger partial charge on any atom is -0.407 e. The second kappa shape index (κ2) is 13.8. The lowest BCUT2D eigenvalue weighted by atomic mass is 9.76. The molecule has 48 heavy (non-hydrogen) atoms. The van der Waals surface area contributed by atoms with Gasteiger partial charge in [-0.1, -0.05) is 42.5 Å². The van der Waals surface area contributed by atoms with Crippen LogP contribution in [0.2, 0.25) is 0 Å². The lowest BCUT2D eigenvalue weighted by Crippen LogP contribution is -2.49. The van der Waals surface area contributed by atoms with E-state index < -0.39 is 76.0 Å². The summed E-state index contributed by atoms with van der Waals surface area (Å²) >= 11 is 0. The van der Waals surface area contributed by atoms with E-state index in [1.165, 1.54) is 11.0 Å². The first kappa shape index (κ1) is 34.6. The van der Waals surface area contributed by atoms with Crippen LogP contribution in [0.3, 0.4) is 0 Å². The smallest absolute Gasteiger partial charge is 0.407 e. The van der Waals surface area contributed by atoms with Gasteiger partial charge in [0.25, 0.3) is 5.91 Å². The third-order valence-electron chi connectivity index (χ3n) is 7.98. The van der Waals surface area contributed by atoms with Crippen molar-refractivity contribution in [2.45, 2.75) is 37.2 Å². The molecule has 1 aliphatic carbocycles. The van der Waals surface area contributed by atoms with E-state index in [1.807, 2.05) is 0 Å². The molecule has 2 aliphatic rings. The van der Waals surface area contributed by atoms with Crippen LogP contribution < -0.4 is 10.1 Å². The van der Waals surface area contributed by atoms with E-state index in [2.05, 4.69) is 5.32 Å². The van der Waals surface area contributed by atoms with Crippen LogP contribution in [0, 0.1) is 11.6 Å². The standard InChI is InChI=1S/C34H28F8N2O4/c35-27-17-25(16-26(18-27)34(40,41)42)32(20-21-5-2-1-3-6-21,43-30(45)22-7-4-8-24(15-22)33(37,38)39)23-9-10-28(36)29(19-23)48-31(46)44-11-13-47-14-12-44/h1-3,5-7,9-10,15-19H,4,8,11-14,20H2,(H,43,45)/t32-/m1/s1. The summed E-state index contributed by atoms with van der Waals surface area (Å²) in [6.07, 6.45) is -9.80. The Morgan fingerprint density at radius 3 is 2.19 bits per heavy atom. The van der Waals surface area contributed by atoms with Crippen molar-refractivity contribution in [2.75, 3.05) is 26.3 Å². The first-order valence-electron chi connectivity index (χ1n) is 14.7. The normalized spacial score (nSPS) is 16.8. The molecular weight excluding hydrogens is 652 g/mol. The Morgan fingerprint density at radius 2 is 1.52 bits per heavy atom. The van der Waals surface area contributed by atoms with Gasteiger partial charge in [0.2, 0.25) is 0 Å². The molecule has 1 fully saturated rings. The summed E-state index contributed by atoms with van der Waals surface area (Å²) in [7, 11) is 0. The summed E-state index contributed by atoms with van der Waals surface area (Å²) in [4.78, 5) is 28.0. The second-order valence-electron chi connectivity index (χ2n) is 11.2. The van der Waals surface area contributed by atoms with Crippen molar-refractivity contribution in [3.05, 3.63) is 124 Å². The molecule has 0 spiro atoms. The van der Waals surface area contributed by atoms with Gasteiger partial charge in [0.15, 0.2) is 11.6 Å². The number of alkyl halides is 6. The van der Waals surface area contributed by atoms with Crippen LogP contribution in [0.5, 0.6) is 5.75 Å². The maximum absolute atomic E-state index is 15.2. The summed E-state index contributed by atoms with van der Waals surface area (Å²) in [6.45, 7) is 0.678. The van der Waals surface area contributed by atoms with Gasteiger partial charge >= 0.3 is 18.4 Å². The molecule has 1 saturated heterocycles. The van der Waals surface area contributed by atoms with Crippen molar-refractivity contribution in [3.63, 3.8) is 0 Å². The molecule has 0 bridgehead atoms. The van der Waals surface area contributed by atoms with E-state index in [9.17, 15) is 35.9 Å². The number of carbonyl (C=O) groups is 2. The zero-order valence-corrected chi connectivity index (χ0v) is 25.1. The van der Waals surface area contributed by atoms with Crippen molar-refractivity contribution in [1.82, 2.24) is 10.2 Å². The Kier molecular flexibility index (Phi) is 9.94. The largest absolute Gasteiger partial charge is 0.416 e. The van der Waals surface area contributed by atoms with Gasteiger partial charge in [0.1, 0.15) is 5.82 Å². The number of amides is 2. The maximum atomic E-state index is 15.2. The number of ether oxygens (including phenoxy) is 2. The van der Waals surface area contributed by atoms with Gasteiger partial charge in [-0.15, -0.1) is 0 Å². The molecule has 3 aromatic rings. The molecule has 1 heterocycles. The van der Waals surface area contributed by atoms with E-state index in [1.54, 1.807) is 30.3 Å². The number of nitrogens with zero attached hydrogens (tertiary/aromatic N) is 1. The quantitative estimate of drug-likeness (QED) is 0.261. The van der Waals surface area contributed by atoms with E-state index in [0.717, 1.165) is 24.3 Å². The van der Waals surface area contributed by atoms with Crippen LogP contribution in [-0.4, -0.2) is 49.4 Å². The number of rotatable bonds is 7. The van der Waals surface area contributed by atoms with Crippen LogP contribution in [-0.2, 0) is 27.7 Å². The zero-order chi connectivity index (χ0) is 34.7. The van der Waals surface area contributed by atoms with Crippen molar-refractivity contribution in [1.29, 1.82) is 0 Å². The predicted molar refractivity (Wildman–Crippen MR) is 157 cm³/mol. The maximum Gasteiger partial charge on any atom is 0.416 e. The molecule has 6 nitrogen and oxygen atoms in total. The Hall–Kier alpha value is -4.72. The number of hydrogen-bond donors (Lipinski definition) is 1. The van der Waals surface area contributed by atoms with Crippen LogP contribution in [0.1, 0.15) is 35.1 Å². The molecule has 3 aromatic carbocycles. The number of nitrogens with one attached hydrogen (secondary N) is 1. The average molecular weight is 681 g/mol. The number of morpholine rings is 1. The number of benzene rings is 3. The molecule has 1 aliphatic heterocycles. The van der Waals surface area contributed by atoms with Crippen LogP contribution >= 0.6 is 0 Å². The topological polar surface area (TPSA) is 67.9 Å². The Balaban J connectivity index is 1.70. The molecule has 0 aromatic heterocycles. The lowest BCUT2D eigenvalue weighted by Gasteiger charge is -2.37. The molecule has 14 heteroatoms. The van der Waals surface area contributed by atoms with Crippen molar-refractivity contribution >= 4 is 12.0 Å². The highest BCUT2D eigenvalue weighted by molar-refractivity contribution is 5.97. The molecule has 0 saturated carbocycles. The number of allylic oxidation sites excluding steroid dienone is 2. The minimum absolute atomic E-state index is 0.139. The summed E-state index contributed by atoms with van der Waals surface area (Å²) in [5.41, 5.74) is -5.23. The predicted octanol–water partition coefficient (Wildman–Crippen LogP) is 7.63. The first-order valence-corrected chi connectivity index (χ1v) is 14.7. The third-order valence-corrected chi connectivity index (χ3v) is 7.98. The van der Waals surface area contributed by atoms with Gasteiger partial charge in [0, 0.05) is 30.7 Å². The van der Waals surface area contributed by atoms with Gasteiger partial charge in [-0.05, 0) is 65.9 Å². The van der Waals surface area contributed by atoms with Crippen molar-refractivity contribution in [3.8, 4) is 5.75 Å². The molecule has 1 N–H and O–H groups in total. The van der Waals surface area contributed by atoms with Crippen molar-refractivity contribution < 1.29 is 54.2 Å². The van der Waals surface area contributed by atoms with E-state index in [-0.39, 0.29) is 50.8 Å². The van der Waals surface area contributed by atoms with Gasteiger partial charge in [-0.2, -0.15) is 26.3 Å². The lowest BCUT2D eigenvalue weighted by molar-refractivity contribution is -0.137. The van der Waals surface area contributed by atoms with Crippen LogP contribution in [0.15, 0.2) is 90.0 Å². The molecule has 0 radical (unpaired) electrons. The Labute approximate surface area is 269 Å². The first-order chi connectivity index (χ1) is 22.7. The zero-order valence-electron chi connectivity index (χ0n) is 25.1. The van der Waals surface area contributed by atoms with Gasteiger partial charge < -0.3 is 19.7 Å². The second-order valence-corrected chi connectivity index (χ2v) is 11.2. The van der Waals surface area contributed by atoms with Gasteiger partial charge in [0.05, 0.1) is 24.3 Å². The number of halogens is 8. The van der Waals surface area contributed by atoms with Crippen molar-refractivity contribution in [2.24, 2.45) is 0 Å². The van der Waals surface area contributed by atoms with E-state index >= 15 is 8.78 Å². The fraction of sp³-hybridized carbons (Fsp3) is 0.294. The van der Waals surface area contributed by atoms with Gasteiger partial charge in [-0.25, -0.2) is 13.6 Å². The fourth-order valence-electron chi connectivity index (χ4n) is 5.56. The van der Waals surface area contributed by atoms with E-state index in [0.29, 0.717) is 17.7 Å². The molecule has 254 valence electrons. The molecule has 5 rings (SSSR count). The number of carbonyl (C=O) groups excluding carboxylic acids is 2. The molecule has 0 unspecified atom stereocenters. The highest BCUT2D eigenvalue weighted by Crippen LogP contribution is 2.41. The Morgan fingerprint density at radius 1 is 0.833 bits per heavy atom. The van der Waals surface area contributed by atoms with Crippen LogP contribution in [0.4, 0.5) is 39.9 Å². The van der Waals surface area contributed by atoms with E-state index in [4.69, 9.17) is 9.47 Å². The molecular formula is C34H28F8N2O4. The summed E-state index contributed by atoms with van der Waals surface area (Å²) in [5, 5.41) is 2.58. The SMILES string of the molecule is O=C(N[C@@](Cc1ccccc1)(c1cc(F)cc(C(F)(F)F)c1)c1ccc(F)c(OC(=O)N2CCOCC2)c1)C1=CCCC(C(F)(F)F)=C1. The summed E-state index contributed by atoms with van der Waals surface area (Å²) in [6, 6.07) is 12.5. The van der Waals surface area contributed by atoms with Gasteiger partial charge in [-0.3, -0.25) is 4.79 Å². The monoisotopic (exact) mass is 680 g/mol. The molecule has 2 amide bonds. The number of hydrogen-bond acceptors (Lipinski definition) is 4. The average Bonchev–Trinajstić information content (AvgIpc) is 3.05. The third kappa shape index (κ3) is 7.87. The molecule has 1 atom stereocenters. The fourth-order valence-corrected chi connectivity index (χ4v) is 5.56. The minimum atomic E-state index is -5.04. The highest BCUT2D eigenvalue weighted by Gasteiger charge is 2.42. The highest BCUT2D eigenvalue weighted by atomic mass is 19.4.